The first-order valence-corrected chi connectivity index (χ1v) is 5.77. The van der Waals surface area contributed by atoms with Crippen LogP contribution < -0.4 is 5.73 Å². The molecule has 1 rings (SSSR count). The summed E-state index contributed by atoms with van der Waals surface area (Å²) < 4.78 is 0. The summed E-state index contributed by atoms with van der Waals surface area (Å²) in [5, 5.41) is 0. The maximum atomic E-state index is 6.13. The Morgan fingerprint density at radius 3 is 2.79 bits per heavy atom. The van der Waals surface area contributed by atoms with E-state index in [1.807, 2.05) is 0 Å². The van der Waals surface area contributed by atoms with E-state index in [4.69, 9.17) is 5.73 Å². The third-order valence-electron chi connectivity index (χ3n) is 3.36. The fraction of sp³-hybridized carbons (Fsp3) is 0.833. The van der Waals surface area contributed by atoms with Crippen LogP contribution in [0.5, 0.6) is 0 Å². The number of nitrogens with two attached hydrogens (primary N) is 1. The Kier molecular flexibility index (Phi) is 4.63. The van der Waals surface area contributed by atoms with E-state index in [0.717, 1.165) is 13.1 Å². The Morgan fingerprint density at radius 2 is 2.29 bits per heavy atom. The third kappa shape index (κ3) is 3.43. The van der Waals surface area contributed by atoms with Gasteiger partial charge in [-0.15, -0.1) is 0 Å². The topological polar surface area (TPSA) is 29.3 Å². The molecule has 0 fully saturated rings. The van der Waals surface area contributed by atoms with E-state index >= 15 is 0 Å². The Bertz CT molecular complexity index is 198. The maximum absolute atomic E-state index is 6.13. The second kappa shape index (κ2) is 5.52. The van der Waals surface area contributed by atoms with Gasteiger partial charge in [-0.05, 0) is 19.3 Å². The van der Waals surface area contributed by atoms with E-state index in [1.165, 1.54) is 25.0 Å². The van der Waals surface area contributed by atoms with Crippen molar-refractivity contribution in [3.63, 3.8) is 0 Å². The normalized spacial score (nSPS) is 23.0. The molecule has 0 spiro atoms. The number of rotatable bonds is 4. The minimum absolute atomic E-state index is 0.340. The SMILES string of the molecule is CCC(C)C(N)CN1CC=C(C)CC1. The largest absolute Gasteiger partial charge is 0.326 e. The maximum Gasteiger partial charge on any atom is 0.0193 e. The van der Waals surface area contributed by atoms with Crippen molar-refractivity contribution < 1.29 is 0 Å². The smallest absolute Gasteiger partial charge is 0.0193 e. The van der Waals surface area contributed by atoms with Crippen LogP contribution in [-0.2, 0) is 0 Å². The van der Waals surface area contributed by atoms with Crippen LogP contribution >= 0.6 is 0 Å². The monoisotopic (exact) mass is 196 g/mol. The minimum Gasteiger partial charge on any atom is -0.326 e. The van der Waals surface area contributed by atoms with E-state index in [9.17, 15) is 0 Å². The van der Waals surface area contributed by atoms with Crippen molar-refractivity contribution in [3.05, 3.63) is 11.6 Å². The third-order valence-corrected chi connectivity index (χ3v) is 3.36. The molecule has 1 heterocycles. The highest BCUT2D eigenvalue weighted by molar-refractivity contribution is 5.03. The average molecular weight is 196 g/mol. The first kappa shape index (κ1) is 11.7. The Morgan fingerprint density at radius 1 is 1.57 bits per heavy atom. The van der Waals surface area contributed by atoms with Crippen molar-refractivity contribution in [3.8, 4) is 0 Å². The summed E-state index contributed by atoms with van der Waals surface area (Å²) in [6, 6.07) is 0.340. The summed E-state index contributed by atoms with van der Waals surface area (Å²) in [5.41, 5.74) is 7.66. The predicted molar refractivity (Wildman–Crippen MR) is 62.2 cm³/mol. The van der Waals surface area contributed by atoms with Gasteiger partial charge in [0.2, 0.25) is 0 Å². The summed E-state index contributed by atoms with van der Waals surface area (Å²) >= 11 is 0. The molecule has 0 bridgehead atoms. The predicted octanol–water partition coefficient (Wildman–Crippen LogP) is 2.01. The lowest BCUT2D eigenvalue weighted by atomic mass is 9.99. The van der Waals surface area contributed by atoms with Gasteiger partial charge in [0.25, 0.3) is 0 Å². The second-order valence-electron chi connectivity index (χ2n) is 4.61. The summed E-state index contributed by atoms with van der Waals surface area (Å²) in [6.07, 6.45) is 4.73. The molecule has 0 aromatic carbocycles. The first-order chi connectivity index (χ1) is 6.63. The molecule has 2 atom stereocenters. The highest BCUT2D eigenvalue weighted by atomic mass is 15.1. The van der Waals surface area contributed by atoms with Crippen LogP contribution in [0.2, 0.25) is 0 Å². The van der Waals surface area contributed by atoms with Gasteiger partial charge in [-0.25, -0.2) is 0 Å². The fourth-order valence-electron chi connectivity index (χ4n) is 1.76. The van der Waals surface area contributed by atoms with E-state index < -0.39 is 0 Å². The fourth-order valence-corrected chi connectivity index (χ4v) is 1.76. The molecule has 14 heavy (non-hydrogen) atoms. The van der Waals surface area contributed by atoms with Crippen LogP contribution in [0.1, 0.15) is 33.6 Å². The molecule has 82 valence electrons. The van der Waals surface area contributed by atoms with Crippen LogP contribution in [0.15, 0.2) is 11.6 Å². The molecule has 2 heteroatoms. The number of hydrogen-bond donors (Lipinski definition) is 1. The van der Waals surface area contributed by atoms with E-state index in [2.05, 4.69) is 31.7 Å². The van der Waals surface area contributed by atoms with Crippen LogP contribution in [0, 0.1) is 5.92 Å². The molecule has 0 saturated heterocycles. The zero-order valence-electron chi connectivity index (χ0n) is 9.79. The van der Waals surface area contributed by atoms with Gasteiger partial charge in [-0.1, -0.05) is 31.9 Å². The molecule has 0 aromatic heterocycles. The average Bonchev–Trinajstić information content (AvgIpc) is 2.20. The van der Waals surface area contributed by atoms with Gasteiger partial charge in [0, 0.05) is 25.7 Å². The highest BCUT2D eigenvalue weighted by Gasteiger charge is 2.16. The molecular weight excluding hydrogens is 172 g/mol. The Hall–Kier alpha value is -0.340. The van der Waals surface area contributed by atoms with Crippen molar-refractivity contribution in [2.24, 2.45) is 11.7 Å². The van der Waals surface area contributed by atoms with Crippen molar-refractivity contribution in [1.29, 1.82) is 0 Å². The summed E-state index contributed by atoms with van der Waals surface area (Å²) in [7, 11) is 0. The van der Waals surface area contributed by atoms with Crippen LogP contribution in [0.25, 0.3) is 0 Å². The van der Waals surface area contributed by atoms with Gasteiger partial charge in [0.05, 0.1) is 0 Å². The molecule has 0 radical (unpaired) electrons. The number of hydrogen-bond acceptors (Lipinski definition) is 2. The van der Waals surface area contributed by atoms with Crippen LogP contribution in [0.3, 0.4) is 0 Å². The first-order valence-electron chi connectivity index (χ1n) is 5.77. The quantitative estimate of drug-likeness (QED) is 0.697. The van der Waals surface area contributed by atoms with Crippen LogP contribution in [0.4, 0.5) is 0 Å². The second-order valence-corrected chi connectivity index (χ2v) is 4.61. The van der Waals surface area contributed by atoms with Crippen molar-refractivity contribution in [2.75, 3.05) is 19.6 Å². The van der Waals surface area contributed by atoms with Crippen LogP contribution in [-0.4, -0.2) is 30.6 Å². The molecule has 1 aliphatic rings. The molecule has 0 saturated carbocycles. The lowest BCUT2D eigenvalue weighted by molar-refractivity contribution is 0.246. The van der Waals surface area contributed by atoms with E-state index in [0.29, 0.717) is 12.0 Å². The summed E-state index contributed by atoms with van der Waals surface area (Å²) in [6.45, 7) is 10.0. The van der Waals surface area contributed by atoms with Crippen molar-refractivity contribution in [2.45, 2.75) is 39.7 Å². The molecule has 2 unspecified atom stereocenters. The zero-order chi connectivity index (χ0) is 10.6. The standard InChI is InChI=1S/C12H24N2/c1-4-11(3)12(13)9-14-7-5-10(2)6-8-14/h5,11-12H,4,6-9,13H2,1-3H3. The molecule has 0 aliphatic carbocycles. The minimum atomic E-state index is 0.340. The lowest BCUT2D eigenvalue weighted by Crippen LogP contribution is -2.42. The van der Waals surface area contributed by atoms with Gasteiger partial charge in [0.1, 0.15) is 0 Å². The Labute approximate surface area is 88.2 Å². The van der Waals surface area contributed by atoms with Gasteiger partial charge < -0.3 is 5.73 Å². The molecule has 2 nitrogen and oxygen atoms in total. The molecular formula is C12H24N2. The highest BCUT2D eigenvalue weighted by Crippen LogP contribution is 2.12. The van der Waals surface area contributed by atoms with E-state index in [-0.39, 0.29) is 0 Å². The number of nitrogens with zero attached hydrogens (tertiary/aromatic N) is 1. The van der Waals surface area contributed by atoms with E-state index in [1.54, 1.807) is 0 Å². The lowest BCUT2D eigenvalue weighted by Gasteiger charge is -2.30. The molecule has 0 amide bonds. The summed E-state index contributed by atoms with van der Waals surface area (Å²) in [4.78, 5) is 2.46. The zero-order valence-corrected chi connectivity index (χ0v) is 9.79. The Balaban J connectivity index is 2.31. The van der Waals surface area contributed by atoms with Gasteiger partial charge >= 0.3 is 0 Å². The molecule has 0 aromatic rings. The van der Waals surface area contributed by atoms with Crippen molar-refractivity contribution in [1.82, 2.24) is 4.90 Å². The molecule has 1 aliphatic heterocycles. The van der Waals surface area contributed by atoms with Gasteiger partial charge in [-0.2, -0.15) is 0 Å². The molecule has 2 N–H and O–H groups in total. The van der Waals surface area contributed by atoms with Gasteiger partial charge in [0.15, 0.2) is 0 Å². The van der Waals surface area contributed by atoms with Crippen molar-refractivity contribution >= 4 is 0 Å². The van der Waals surface area contributed by atoms with Gasteiger partial charge in [-0.3, -0.25) is 4.90 Å². The summed E-state index contributed by atoms with van der Waals surface area (Å²) in [5.74, 6) is 0.641.